The lowest BCUT2D eigenvalue weighted by Crippen LogP contribution is -2.40. The predicted molar refractivity (Wildman–Crippen MR) is 105 cm³/mol. The molecule has 142 valence electrons. The van der Waals surface area contributed by atoms with Crippen molar-refractivity contribution in [2.75, 3.05) is 20.2 Å². The Kier molecular flexibility index (Phi) is 6.37. The maximum absolute atomic E-state index is 12.4. The average Bonchev–Trinajstić information content (AvgIpc) is 3.03. The van der Waals surface area contributed by atoms with E-state index in [1.165, 1.54) is 0 Å². The topological polar surface area (TPSA) is 81.4 Å². The third-order valence-corrected chi connectivity index (χ3v) is 5.16. The van der Waals surface area contributed by atoms with Gasteiger partial charge >= 0.3 is 5.97 Å². The van der Waals surface area contributed by atoms with Crippen LogP contribution in [0.25, 0.3) is 11.1 Å². The summed E-state index contributed by atoms with van der Waals surface area (Å²) in [5, 5.41) is 2.91. The highest BCUT2D eigenvalue weighted by atomic mass is 16.5. The number of rotatable bonds is 9. The van der Waals surface area contributed by atoms with Crippen LogP contribution in [0.2, 0.25) is 0 Å². The van der Waals surface area contributed by atoms with Crippen LogP contribution in [-0.2, 0) is 14.3 Å². The number of unbranched alkanes of at least 4 members (excludes halogenated alkanes) is 1. The number of ketones is 1. The summed E-state index contributed by atoms with van der Waals surface area (Å²) in [6, 6.07) is 15.7. The van der Waals surface area contributed by atoms with E-state index < -0.39 is 17.8 Å². The Morgan fingerprint density at radius 2 is 1.63 bits per heavy atom. The van der Waals surface area contributed by atoms with Crippen molar-refractivity contribution in [3.63, 3.8) is 0 Å². The van der Waals surface area contributed by atoms with Gasteiger partial charge < -0.3 is 15.8 Å². The molecule has 0 heterocycles. The van der Waals surface area contributed by atoms with E-state index >= 15 is 0 Å². The van der Waals surface area contributed by atoms with Crippen molar-refractivity contribution in [2.45, 2.75) is 31.2 Å². The van der Waals surface area contributed by atoms with Crippen molar-refractivity contribution < 1.29 is 14.3 Å². The Morgan fingerprint density at radius 1 is 1.04 bits per heavy atom. The van der Waals surface area contributed by atoms with Crippen molar-refractivity contribution >= 4 is 11.8 Å². The molecule has 0 aliphatic heterocycles. The molecule has 2 aromatic carbocycles. The summed E-state index contributed by atoms with van der Waals surface area (Å²) in [4.78, 5) is 24.7. The number of carbonyl (C=O) groups excluding carboxylic acids is 2. The molecule has 5 nitrogen and oxygen atoms in total. The van der Waals surface area contributed by atoms with E-state index in [-0.39, 0.29) is 12.5 Å². The van der Waals surface area contributed by atoms with Crippen molar-refractivity contribution in [3.8, 4) is 11.1 Å². The molecular formula is C22H26N2O3. The van der Waals surface area contributed by atoms with Crippen molar-refractivity contribution in [1.29, 1.82) is 0 Å². The minimum absolute atomic E-state index is 0.0422. The number of likely N-dealkylation sites (N-methyl/N-ethyl adjacent to an activating group) is 1. The standard InChI is InChI=1S/C22H26N2O3/c1-24-20(12-6-7-13-23)21(25)22(26)27-14-19-17-10-4-2-8-15(17)16-9-3-5-11-18(16)19/h2-5,8-11,19-20,24H,6-7,12-14,23H2,1H3/t20-/m0/s1. The van der Waals surface area contributed by atoms with E-state index in [1.54, 1.807) is 7.05 Å². The van der Waals surface area contributed by atoms with Crippen molar-refractivity contribution in [1.82, 2.24) is 5.32 Å². The molecule has 0 radical (unpaired) electrons. The van der Waals surface area contributed by atoms with Gasteiger partial charge in [0.15, 0.2) is 0 Å². The van der Waals surface area contributed by atoms with Gasteiger partial charge in [0.2, 0.25) is 0 Å². The Labute approximate surface area is 159 Å². The molecule has 0 saturated heterocycles. The molecule has 1 aliphatic carbocycles. The first-order valence-corrected chi connectivity index (χ1v) is 9.44. The number of carbonyl (C=O) groups is 2. The molecule has 0 saturated carbocycles. The zero-order valence-electron chi connectivity index (χ0n) is 15.6. The zero-order valence-corrected chi connectivity index (χ0v) is 15.6. The number of Topliss-reactive ketones (excluding diaryl/α,β-unsaturated/α-hetero) is 1. The van der Waals surface area contributed by atoms with Gasteiger partial charge in [0, 0.05) is 5.92 Å². The number of nitrogens with one attached hydrogen (secondary N) is 1. The predicted octanol–water partition coefficient (Wildman–Crippen LogP) is 2.63. The quantitative estimate of drug-likeness (QED) is 0.405. The Balaban J connectivity index is 1.67. The molecule has 0 unspecified atom stereocenters. The van der Waals surface area contributed by atoms with Gasteiger partial charge in [-0.05, 0) is 48.7 Å². The summed E-state index contributed by atoms with van der Waals surface area (Å²) in [6.45, 7) is 0.743. The van der Waals surface area contributed by atoms with Gasteiger partial charge in [-0.1, -0.05) is 55.0 Å². The van der Waals surface area contributed by atoms with E-state index in [0.29, 0.717) is 13.0 Å². The first kappa shape index (κ1) is 19.3. The second-order valence-electron chi connectivity index (χ2n) is 6.82. The van der Waals surface area contributed by atoms with Crippen LogP contribution in [0.5, 0.6) is 0 Å². The van der Waals surface area contributed by atoms with Crippen LogP contribution in [0.4, 0.5) is 0 Å². The van der Waals surface area contributed by atoms with E-state index in [2.05, 4.69) is 29.6 Å². The highest BCUT2D eigenvalue weighted by Crippen LogP contribution is 2.44. The molecule has 27 heavy (non-hydrogen) atoms. The van der Waals surface area contributed by atoms with Gasteiger partial charge in [-0.3, -0.25) is 4.79 Å². The number of esters is 1. The summed E-state index contributed by atoms with van der Waals surface area (Å²) in [7, 11) is 1.68. The molecule has 3 rings (SSSR count). The lowest BCUT2D eigenvalue weighted by molar-refractivity contribution is -0.155. The molecule has 1 atom stereocenters. The largest absolute Gasteiger partial charge is 0.459 e. The summed E-state index contributed by atoms with van der Waals surface area (Å²) in [5.74, 6) is -1.34. The normalized spacial score (nSPS) is 13.7. The van der Waals surface area contributed by atoms with Gasteiger partial charge in [-0.25, -0.2) is 4.79 Å². The Hall–Kier alpha value is -2.50. The maximum Gasteiger partial charge on any atom is 0.376 e. The Morgan fingerprint density at radius 3 is 2.19 bits per heavy atom. The van der Waals surface area contributed by atoms with Gasteiger partial charge in [0.25, 0.3) is 5.78 Å². The van der Waals surface area contributed by atoms with Crippen LogP contribution in [0, 0.1) is 0 Å². The fourth-order valence-corrected chi connectivity index (χ4v) is 3.71. The molecule has 0 amide bonds. The molecule has 0 aromatic heterocycles. The van der Waals surface area contributed by atoms with Gasteiger partial charge in [-0.2, -0.15) is 0 Å². The minimum atomic E-state index is -0.774. The minimum Gasteiger partial charge on any atom is -0.459 e. The highest BCUT2D eigenvalue weighted by Gasteiger charge is 2.31. The number of hydrogen-bond acceptors (Lipinski definition) is 5. The van der Waals surface area contributed by atoms with Crippen LogP contribution in [0.15, 0.2) is 48.5 Å². The van der Waals surface area contributed by atoms with E-state index in [1.807, 2.05) is 24.3 Å². The summed E-state index contributed by atoms with van der Waals surface area (Å²) >= 11 is 0. The van der Waals surface area contributed by atoms with E-state index in [0.717, 1.165) is 35.1 Å². The van der Waals surface area contributed by atoms with Crippen LogP contribution in [0.3, 0.4) is 0 Å². The molecular weight excluding hydrogens is 340 g/mol. The van der Waals surface area contributed by atoms with Crippen LogP contribution in [0.1, 0.15) is 36.3 Å². The van der Waals surface area contributed by atoms with Crippen LogP contribution >= 0.6 is 0 Å². The second-order valence-corrected chi connectivity index (χ2v) is 6.82. The number of ether oxygens (including phenoxy) is 1. The van der Waals surface area contributed by atoms with Crippen LogP contribution < -0.4 is 11.1 Å². The number of nitrogens with two attached hydrogens (primary N) is 1. The lowest BCUT2D eigenvalue weighted by Gasteiger charge is -2.16. The monoisotopic (exact) mass is 366 g/mol. The smallest absolute Gasteiger partial charge is 0.376 e. The first-order chi connectivity index (χ1) is 13.2. The SMILES string of the molecule is CN[C@@H](CCCCN)C(=O)C(=O)OCC1c2ccccc2-c2ccccc21. The third-order valence-electron chi connectivity index (χ3n) is 5.16. The summed E-state index contributed by atoms with van der Waals surface area (Å²) < 4.78 is 5.44. The summed E-state index contributed by atoms with van der Waals surface area (Å²) in [6.07, 6.45) is 2.21. The third kappa shape index (κ3) is 4.10. The molecule has 2 aromatic rings. The van der Waals surface area contributed by atoms with Crippen molar-refractivity contribution in [2.24, 2.45) is 5.73 Å². The van der Waals surface area contributed by atoms with Gasteiger partial charge in [0.05, 0.1) is 6.04 Å². The average molecular weight is 366 g/mol. The first-order valence-electron chi connectivity index (χ1n) is 9.44. The van der Waals surface area contributed by atoms with E-state index in [9.17, 15) is 9.59 Å². The number of benzene rings is 2. The van der Waals surface area contributed by atoms with Gasteiger partial charge in [-0.15, -0.1) is 0 Å². The second kappa shape index (κ2) is 8.93. The number of fused-ring (bicyclic) bond motifs is 3. The molecule has 1 aliphatic rings. The zero-order chi connectivity index (χ0) is 19.2. The Bertz CT molecular complexity index is 773. The molecule has 3 N–H and O–H groups in total. The highest BCUT2D eigenvalue weighted by molar-refractivity contribution is 6.35. The number of hydrogen-bond donors (Lipinski definition) is 2. The summed E-state index contributed by atoms with van der Waals surface area (Å²) in [5.41, 5.74) is 10.1. The van der Waals surface area contributed by atoms with Crippen LogP contribution in [-0.4, -0.2) is 38.0 Å². The molecule has 5 heteroatoms. The van der Waals surface area contributed by atoms with Gasteiger partial charge in [0.1, 0.15) is 6.61 Å². The molecule has 0 spiro atoms. The maximum atomic E-state index is 12.4. The fourth-order valence-electron chi connectivity index (χ4n) is 3.71. The van der Waals surface area contributed by atoms with E-state index in [4.69, 9.17) is 10.5 Å². The lowest BCUT2D eigenvalue weighted by atomic mass is 9.98. The fraction of sp³-hybridized carbons (Fsp3) is 0.364. The molecule has 0 fully saturated rings. The molecule has 0 bridgehead atoms. The van der Waals surface area contributed by atoms with Crippen molar-refractivity contribution in [3.05, 3.63) is 59.7 Å².